The third kappa shape index (κ3) is 4.40. The zero-order valence-electron chi connectivity index (χ0n) is 25.4. The van der Waals surface area contributed by atoms with Crippen LogP contribution in [-0.2, 0) is 0 Å². The summed E-state index contributed by atoms with van der Waals surface area (Å²) < 4.78 is 2.36. The summed E-state index contributed by atoms with van der Waals surface area (Å²) in [6.07, 6.45) is 0. The number of fused-ring (bicyclic) bond motifs is 6. The van der Waals surface area contributed by atoms with Gasteiger partial charge in [0, 0.05) is 32.9 Å². The molecule has 0 bridgehead atoms. The maximum atomic E-state index is 10.6. The molecule has 0 saturated carbocycles. The standard InChI is InChI=1S/C42H30N4O/c43-39(32-17-6-7-20-35(32)44-36-21-8-13-28-23-29-14-9-22-38(47)41(29)45-40(28)36)33-19-10-18-31-34-24-26-11-4-5-12-27(26)25-37(34)46(42(31)33)30-15-2-1-3-16-30/h1-25,39,44,47H,43H2. The number of nitrogens with zero attached hydrogens (tertiary/aromatic N) is 2. The number of aromatic nitrogens is 2. The third-order valence-corrected chi connectivity index (χ3v) is 9.25. The van der Waals surface area contributed by atoms with Crippen LogP contribution in [0.2, 0.25) is 0 Å². The molecule has 2 heterocycles. The molecule has 4 N–H and O–H groups in total. The summed E-state index contributed by atoms with van der Waals surface area (Å²) in [6, 6.07) is 51.5. The zero-order valence-corrected chi connectivity index (χ0v) is 25.4. The molecule has 224 valence electrons. The number of hydrogen-bond donors (Lipinski definition) is 3. The Labute approximate surface area is 271 Å². The van der Waals surface area contributed by atoms with Crippen molar-refractivity contribution >= 4 is 65.8 Å². The monoisotopic (exact) mass is 606 g/mol. The van der Waals surface area contributed by atoms with E-state index in [1.54, 1.807) is 6.07 Å². The number of phenolic OH excluding ortho intramolecular Hbond substituents is 1. The first kappa shape index (κ1) is 27.2. The molecule has 9 rings (SSSR count). The van der Waals surface area contributed by atoms with E-state index in [1.807, 2.05) is 48.5 Å². The molecule has 7 aromatic carbocycles. The Hall–Kier alpha value is -6.17. The van der Waals surface area contributed by atoms with Gasteiger partial charge < -0.3 is 20.7 Å². The normalized spacial score (nSPS) is 12.4. The molecule has 0 amide bonds. The van der Waals surface area contributed by atoms with Crippen molar-refractivity contribution in [1.82, 2.24) is 9.55 Å². The largest absolute Gasteiger partial charge is 0.506 e. The summed E-state index contributed by atoms with van der Waals surface area (Å²) in [7, 11) is 0. The molecule has 5 heteroatoms. The molecule has 0 aliphatic rings. The van der Waals surface area contributed by atoms with Crippen molar-refractivity contribution in [2.75, 3.05) is 5.32 Å². The Balaban J connectivity index is 1.23. The molecule has 0 radical (unpaired) electrons. The van der Waals surface area contributed by atoms with Crippen LogP contribution in [0.3, 0.4) is 0 Å². The minimum Gasteiger partial charge on any atom is -0.506 e. The maximum Gasteiger partial charge on any atom is 0.141 e. The number of aromatic hydroxyl groups is 1. The molecule has 9 aromatic rings. The van der Waals surface area contributed by atoms with Crippen LogP contribution in [0.5, 0.6) is 5.75 Å². The average Bonchev–Trinajstić information content (AvgIpc) is 3.44. The van der Waals surface area contributed by atoms with Gasteiger partial charge in [0.15, 0.2) is 0 Å². The molecule has 0 aliphatic carbocycles. The molecule has 2 aromatic heterocycles. The Bertz CT molecular complexity index is 2640. The fraction of sp³-hybridized carbons (Fsp3) is 0.0238. The summed E-state index contributed by atoms with van der Waals surface area (Å²) in [5, 5.41) is 20.9. The number of para-hydroxylation sites is 5. The molecule has 5 nitrogen and oxygen atoms in total. The van der Waals surface area contributed by atoms with Gasteiger partial charge in [-0.1, -0.05) is 103 Å². The van der Waals surface area contributed by atoms with E-state index in [0.29, 0.717) is 5.52 Å². The number of nitrogens with one attached hydrogen (secondary N) is 1. The highest BCUT2D eigenvalue weighted by Crippen LogP contribution is 2.40. The first-order chi connectivity index (χ1) is 23.1. The molecule has 0 saturated heterocycles. The summed E-state index contributed by atoms with van der Waals surface area (Å²) in [4.78, 5) is 4.89. The fourth-order valence-electron chi connectivity index (χ4n) is 7.04. The Kier molecular flexibility index (Phi) is 6.20. The highest BCUT2D eigenvalue weighted by molar-refractivity contribution is 6.14. The van der Waals surface area contributed by atoms with Crippen LogP contribution in [0.15, 0.2) is 152 Å². The number of pyridine rings is 1. The Morgan fingerprint density at radius 1 is 0.553 bits per heavy atom. The number of phenols is 1. The fourth-order valence-corrected chi connectivity index (χ4v) is 7.04. The molecular weight excluding hydrogens is 576 g/mol. The highest BCUT2D eigenvalue weighted by atomic mass is 16.3. The molecule has 0 aliphatic heterocycles. The van der Waals surface area contributed by atoms with Gasteiger partial charge in [-0.15, -0.1) is 0 Å². The van der Waals surface area contributed by atoms with Crippen LogP contribution in [0.4, 0.5) is 11.4 Å². The van der Waals surface area contributed by atoms with Crippen molar-refractivity contribution in [2.45, 2.75) is 6.04 Å². The number of hydrogen-bond acceptors (Lipinski definition) is 4. The van der Waals surface area contributed by atoms with Gasteiger partial charge in [-0.3, -0.25) is 0 Å². The average molecular weight is 607 g/mol. The predicted molar refractivity (Wildman–Crippen MR) is 195 cm³/mol. The van der Waals surface area contributed by atoms with Crippen LogP contribution in [0.1, 0.15) is 17.2 Å². The predicted octanol–water partition coefficient (Wildman–Crippen LogP) is 10.1. The van der Waals surface area contributed by atoms with E-state index in [4.69, 9.17) is 10.7 Å². The molecule has 1 atom stereocenters. The van der Waals surface area contributed by atoms with Crippen LogP contribution < -0.4 is 11.1 Å². The molecule has 0 spiro atoms. The molecule has 1 unspecified atom stereocenters. The van der Waals surface area contributed by atoms with Crippen LogP contribution >= 0.6 is 0 Å². The number of rotatable bonds is 5. The van der Waals surface area contributed by atoms with Gasteiger partial charge in [-0.25, -0.2) is 4.98 Å². The maximum absolute atomic E-state index is 10.6. The summed E-state index contributed by atoms with van der Waals surface area (Å²) in [5.41, 5.74) is 15.7. The van der Waals surface area contributed by atoms with E-state index in [2.05, 4.69) is 107 Å². The lowest BCUT2D eigenvalue weighted by molar-refractivity contribution is 0.480. The zero-order chi connectivity index (χ0) is 31.5. The van der Waals surface area contributed by atoms with Crippen molar-refractivity contribution in [3.05, 3.63) is 163 Å². The topological polar surface area (TPSA) is 76.1 Å². The van der Waals surface area contributed by atoms with Crippen LogP contribution in [0.25, 0.3) is 60.1 Å². The number of nitrogens with two attached hydrogens (primary N) is 1. The van der Waals surface area contributed by atoms with E-state index >= 15 is 0 Å². The van der Waals surface area contributed by atoms with E-state index in [-0.39, 0.29) is 5.75 Å². The Morgan fingerprint density at radius 2 is 1.19 bits per heavy atom. The van der Waals surface area contributed by atoms with Gasteiger partial charge in [0.05, 0.1) is 28.3 Å². The number of anilines is 2. The lowest BCUT2D eigenvalue weighted by Crippen LogP contribution is -2.15. The summed E-state index contributed by atoms with van der Waals surface area (Å²) in [6.45, 7) is 0. The number of benzene rings is 7. The summed E-state index contributed by atoms with van der Waals surface area (Å²) >= 11 is 0. The van der Waals surface area contributed by atoms with Crippen LogP contribution in [-0.4, -0.2) is 14.7 Å². The van der Waals surface area contributed by atoms with E-state index in [0.717, 1.165) is 60.9 Å². The van der Waals surface area contributed by atoms with Gasteiger partial charge in [0.1, 0.15) is 11.3 Å². The molecule has 0 fully saturated rings. The summed E-state index contributed by atoms with van der Waals surface area (Å²) in [5.74, 6) is 0.163. The minimum absolute atomic E-state index is 0.163. The second-order valence-electron chi connectivity index (χ2n) is 12.0. The van der Waals surface area contributed by atoms with Crippen molar-refractivity contribution in [2.24, 2.45) is 5.73 Å². The quantitative estimate of drug-likeness (QED) is 0.170. The lowest BCUT2D eigenvalue weighted by Gasteiger charge is -2.21. The Morgan fingerprint density at radius 3 is 2.04 bits per heavy atom. The van der Waals surface area contributed by atoms with Crippen molar-refractivity contribution in [1.29, 1.82) is 0 Å². The highest BCUT2D eigenvalue weighted by Gasteiger charge is 2.22. The van der Waals surface area contributed by atoms with Crippen molar-refractivity contribution in [3.63, 3.8) is 0 Å². The second-order valence-corrected chi connectivity index (χ2v) is 12.0. The van der Waals surface area contributed by atoms with Gasteiger partial charge in [-0.2, -0.15) is 0 Å². The lowest BCUT2D eigenvalue weighted by atomic mass is 9.95. The SMILES string of the molecule is NC(c1ccccc1Nc1cccc2cc3cccc(O)c3nc12)c1cccc2c3cc4ccccc4cc3n(-c3ccccc3)c12. The minimum atomic E-state index is -0.434. The molecular formula is C42H30N4O. The molecule has 47 heavy (non-hydrogen) atoms. The van der Waals surface area contributed by atoms with Gasteiger partial charge in [-0.05, 0) is 70.4 Å². The van der Waals surface area contributed by atoms with Gasteiger partial charge >= 0.3 is 0 Å². The van der Waals surface area contributed by atoms with Gasteiger partial charge in [0.2, 0.25) is 0 Å². The van der Waals surface area contributed by atoms with E-state index in [1.165, 1.54) is 16.2 Å². The van der Waals surface area contributed by atoms with Gasteiger partial charge in [0.25, 0.3) is 0 Å². The van der Waals surface area contributed by atoms with E-state index in [9.17, 15) is 5.11 Å². The second kappa shape index (κ2) is 10.7. The van der Waals surface area contributed by atoms with E-state index < -0.39 is 6.04 Å². The van der Waals surface area contributed by atoms with Crippen molar-refractivity contribution < 1.29 is 5.11 Å². The first-order valence-corrected chi connectivity index (χ1v) is 15.8. The first-order valence-electron chi connectivity index (χ1n) is 15.8. The third-order valence-electron chi connectivity index (χ3n) is 9.25. The smallest absolute Gasteiger partial charge is 0.141 e. The van der Waals surface area contributed by atoms with Crippen molar-refractivity contribution in [3.8, 4) is 11.4 Å². The van der Waals surface area contributed by atoms with Crippen LogP contribution in [0, 0.1) is 0 Å².